The van der Waals surface area contributed by atoms with Crippen molar-refractivity contribution in [2.24, 2.45) is 4.99 Å². The number of rotatable bonds is 4. The Morgan fingerprint density at radius 3 is 2.08 bits per heavy atom. The zero-order valence-corrected chi connectivity index (χ0v) is 15.4. The van der Waals surface area contributed by atoms with Crippen LogP contribution in [0.15, 0.2) is 29.3 Å². The number of nitrogens with zero attached hydrogens (tertiary/aromatic N) is 1. The molecule has 0 aliphatic carbocycles. The highest BCUT2D eigenvalue weighted by molar-refractivity contribution is 5.88. The Hall–Kier alpha value is -2.29. The van der Waals surface area contributed by atoms with Crippen molar-refractivity contribution in [3.8, 4) is 11.5 Å². The molecule has 2 aromatic rings. The summed E-state index contributed by atoms with van der Waals surface area (Å²) < 4.78 is 0. The smallest absolute Gasteiger partial charge is 0.127 e. The van der Waals surface area contributed by atoms with E-state index in [1.165, 1.54) is 0 Å². The molecule has 0 aliphatic heterocycles. The first-order valence-corrected chi connectivity index (χ1v) is 8.42. The lowest BCUT2D eigenvalue weighted by Crippen LogP contribution is -1.98. The van der Waals surface area contributed by atoms with E-state index in [1.54, 1.807) is 12.3 Å². The molecule has 0 spiro atoms. The largest absolute Gasteiger partial charge is 0.508 e. The van der Waals surface area contributed by atoms with Crippen LogP contribution in [0.2, 0.25) is 0 Å². The van der Waals surface area contributed by atoms with Gasteiger partial charge in [-0.3, -0.25) is 4.99 Å². The van der Waals surface area contributed by atoms with Crippen LogP contribution in [-0.2, 0) is 0 Å². The number of aromatic hydroxyl groups is 2. The maximum Gasteiger partial charge on any atom is 0.127 e. The van der Waals surface area contributed by atoms with Gasteiger partial charge in [0.05, 0.1) is 5.69 Å². The van der Waals surface area contributed by atoms with Crippen molar-refractivity contribution in [3.05, 3.63) is 52.1 Å². The van der Waals surface area contributed by atoms with E-state index < -0.39 is 0 Å². The topological polar surface area (TPSA) is 52.8 Å². The lowest BCUT2D eigenvalue weighted by Gasteiger charge is -2.14. The van der Waals surface area contributed by atoms with Gasteiger partial charge in [-0.25, -0.2) is 0 Å². The van der Waals surface area contributed by atoms with Crippen LogP contribution in [0.25, 0.3) is 0 Å². The van der Waals surface area contributed by atoms with Gasteiger partial charge in [0, 0.05) is 11.8 Å². The molecule has 0 aromatic heterocycles. The predicted molar refractivity (Wildman–Crippen MR) is 101 cm³/mol. The number of benzene rings is 2. The van der Waals surface area contributed by atoms with Crippen molar-refractivity contribution in [1.29, 1.82) is 0 Å². The Labute approximate surface area is 144 Å². The molecule has 24 heavy (non-hydrogen) atoms. The summed E-state index contributed by atoms with van der Waals surface area (Å²) in [5.74, 6) is 1.12. The first kappa shape index (κ1) is 18.1. The van der Waals surface area contributed by atoms with Crippen LogP contribution in [0.4, 0.5) is 5.69 Å². The van der Waals surface area contributed by atoms with Crippen molar-refractivity contribution < 1.29 is 10.2 Å². The highest BCUT2D eigenvalue weighted by atomic mass is 16.3. The van der Waals surface area contributed by atoms with Crippen LogP contribution in [0.5, 0.6) is 11.5 Å². The van der Waals surface area contributed by atoms with Gasteiger partial charge in [-0.05, 0) is 60.1 Å². The molecule has 128 valence electrons. The Morgan fingerprint density at radius 1 is 0.875 bits per heavy atom. The fourth-order valence-electron chi connectivity index (χ4n) is 2.78. The molecule has 2 aromatic carbocycles. The Morgan fingerprint density at radius 2 is 1.50 bits per heavy atom. The minimum atomic E-state index is 0.249. The second kappa shape index (κ2) is 7.08. The molecule has 0 amide bonds. The molecule has 0 aliphatic rings. The summed E-state index contributed by atoms with van der Waals surface area (Å²) >= 11 is 0. The van der Waals surface area contributed by atoms with E-state index in [0.29, 0.717) is 11.7 Å². The second-order valence-electron chi connectivity index (χ2n) is 7.00. The zero-order chi connectivity index (χ0) is 18.0. The van der Waals surface area contributed by atoms with Crippen LogP contribution in [-0.4, -0.2) is 16.4 Å². The zero-order valence-electron chi connectivity index (χ0n) is 15.4. The molecule has 2 rings (SSSR count). The van der Waals surface area contributed by atoms with E-state index in [0.717, 1.165) is 33.5 Å². The lowest BCUT2D eigenvalue weighted by atomic mass is 9.95. The van der Waals surface area contributed by atoms with Gasteiger partial charge in [0.15, 0.2) is 0 Å². The number of hydrogen-bond acceptors (Lipinski definition) is 3. The number of aliphatic imine (C=N–C) groups is 1. The minimum absolute atomic E-state index is 0.249. The summed E-state index contributed by atoms with van der Waals surface area (Å²) in [4.78, 5) is 4.65. The van der Waals surface area contributed by atoms with Crippen LogP contribution < -0.4 is 0 Å². The first-order valence-electron chi connectivity index (χ1n) is 8.42. The lowest BCUT2D eigenvalue weighted by molar-refractivity contribution is 0.468. The summed E-state index contributed by atoms with van der Waals surface area (Å²) in [6, 6.07) is 7.66. The standard InChI is InChI=1S/C21H27NO2/c1-12(2)16-8-7-14(5)21(24)18(16)11-22-19-9-15(6)20(23)10-17(19)13(3)4/h7-13,23-24H,1-6H3. The highest BCUT2D eigenvalue weighted by Gasteiger charge is 2.13. The molecule has 2 N–H and O–H groups in total. The van der Waals surface area contributed by atoms with Gasteiger partial charge in [0.25, 0.3) is 0 Å². The Kier molecular flexibility index (Phi) is 5.33. The predicted octanol–water partition coefficient (Wildman–Crippen LogP) is 5.71. The van der Waals surface area contributed by atoms with Gasteiger partial charge < -0.3 is 10.2 Å². The summed E-state index contributed by atoms with van der Waals surface area (Å²) in [5.41, 5.74) is 5.30. The van der Waals surface area contributed by atoms with E-state index in [2.05, 4.69) is 32.7 Å². The molecular formula is C21H27NO2. The molecule has 0 unspecified atom stereocenters. The third-order valence-corrected chi connectivity index (χ3v) is 4.37. The summed E-state index contributed by atoms with van der Waals surface area (Å²) in [6.07, 6.45) is 1.75. The SMILES string of the molecule is Cc1cc(N=Cc2c(C(C)C)ccc(C)c2O)c(C(C)C)cc1O. The molecule has 0 radical (unpaired) electrons. The van der Waals surface area contributed by atoms with Gasteiger partial charge in [-0.2, -0.15) is 0 Å². The quantitative estimate of drug-likeness (QED) is 0.707. The molecule has 0 saturated carbocycles. The molecule has 0 bridgehead atoms. The third kappa shape index (κ3) is 3.61. The van der Waals surface area contributed by atoms with Crippen molar-refractivity contribution in [2.75, 3.05) is 0 Å². The molecule has 0 atom stereocenters. The van der Waals surface area contributed by atoms with E-state index >= 15 is 0 Å². The van der Waals surface area contributed by atoms with E-state index in [9.17, 15) is 10.2 Å². The van der Waals surface area contributed by atoms with Crippen molar-refractivity contribution >= 4 is 11.9 Å². The number of aryl methyl sites for hydroxylation is 2. The number of phenolic OH excluding ortho intramolecular Hbond substituents is 2. The van der Waals surface area contributed by atoms with E-state index in [-0.39, 0.29) is 11.7 Å². The molecular weight excluding hydrogens is 298 g/mol. The van der Waals surface area contributed by atoms with Crippen molar-refractivity contribution in [1.82, 2.24) is 0 Å². The monoisotopic (exact) mass is 325 g/mol. The number of phenols is 2. The van der Waals surface area contributed by atoms with Crippen molar-refractivity contribution in [2.45, 2.75) is 53.4 Å². The summed E-state index contributed by atoms with van der Waals surface area (Å²) in [7, 11) is 0. The molecule has 0 fully saturated rings. The van der Waals surface area contributed by atoms with Gasteiger partial charge in [-0.15, -0.1) is 0 Å². The molecule has 3 nitrogen and oxygen atoms in total. The van der Waals surface area contributed by atoms with Gasteiger partial charge in [0.1, 0.15) is 11.5 Å². The van der Waals surface area contributed by atoms with Crippen LogP contribution in [0, 0.1) is 13.8 Å². The average molecular weight is 325 g/mol. The molecule has 3 heteroatoms. The van der Waals surface area contributed by atoms with Crippen LogP contribution >= 0.6 is 0 Å². The average Bonchev–Trinajstić information content (AvgIpc) is 2.50. The van der Waals surface area contributed by atoms with Gasteiger partial charge in [-0.1, -0.05) is 39.8 Å². The first-order chi connectivity index (χ1) is 11.2. The summed E-state index contributed by atoms with van der Waals surface area (Å²) in [5, 5.41) is 20.4. The fourth-order valence-corrected chi connectivity index (χ4v) is 2.78. The Balaban J connectivity index is 2.57. The molecule has 0 saturated heterocycles. The maximum atomic E-state index is 10.5. The van der Waals surface area contributed by atoms with Gasteiger partial charge in [0.2, 0.25) is 0 Å². The van der Waals surface area contributed by atoms with E-state index in [4.69, 9.17) is 0 Å². The fraction of sp³-hybridized carbons (Fsp3) is 0.381. The normalized spacial score (nSPS) is 11.8. The maximum absolute atomic E-state index is 10.5. The third-order valence-electron chi connectivity index (χ3n) is 4.37. The minimum Gasteiger partial charge on any atom is -0.508 e. The highest BCUT2D eigenvalue weighted by Crippen LogP contribution is 2.34. The Bertz CT molecular complexity index is 774. The van der Waals surface area contributed by atoms with Crippen LogP contribution in [0.3, 0.4) is 0 Å². The number of hydrogen-bond donors (Lipinski definition) is 2. The van der Waals surface area contributed by atoms with E-state index in [1.807, 2.05) is 32.0 Å². The van der Waals surface area contributed by atoms with Crippen molar-refractivity contribution in [3.63, 3.8) is 0 Å². The summed E-state index contributed by atoms with van der Waals surface area (Å²) in [6.45, 7) is 12.1. The molecule has 0 heterocycles. The van der Waals surface area contributed by atoms with Gasteiger partial charge >= 0.3 is 0 Å². The second-order valence-corrected chi connectivity index (χ2v) is 7.00. The van der Waals surface area contributed by atoms with Crippen LogP contribution in [0.1, 0.15) is 67.3 Å².